The SMILES string of the molecule is CCOC1=Nc2ccccc2C2C(C(=O)Nc3ccccc3)=C(C)NC(SCC(=O)Nc3ccc(Cl)cc3)=C12. The lowest BCUT2D eigenvalue weighted by molar-refractivity contribution is -0.114. The minimum atomic E-state index is -0.424. The van der Waals surface area contributed by atoms with Crippen molar-refractivity contribution in [3.8, 4) is 0 Å². The number of rotatable bonds is 7. The van der Waals surface area contributed by atoms with E-state index in [1.54, 1.807) is 24.3 Å². The minimum Gasteiger partial charge on any atom is -0.478 e. The zero-order chi connectivity index (χ0) is 27.4. The highest BCUT2D eigenvalue weighted by Crippen LogP contribution is 2.48. The lowest BCUT2D eigenvalue weighted by Crippen LogP contribution is -2.35. The molecule has 7 nitrogen and oxygen atoms in total. The van der Waals surface area contributed by atoms with Gasteiger partial charge >= 0.3 is 0 Å². The van der Waals surface area contributed by atoms with Crippen molar-refractivity contribution >= 4 is 58.1 Å². The second-order valence-electron chi connectivity index (χ2n) is 8.91. The number of fused-ring (bicyclic) bond motifs is 3. The maximum absolute atomic E-state index is 13.7. The number of amides is 2. The van der Waals surface area contributed by atoms with Crippen LogP contribution in [0.25, 0.3) is 0 Å². The molecule has 3 N–H and O–H groups in total. The van der Waals surface area contributed by atoms with Crippen molar-refractivity contribution in [1.29, 1.82) is 0 Å². The lowest BCUT2D eigenvalue weighted by Gasteiger charge is -2.35. The van der Waals surface area contributed by atoms with Gasteiger partial charge in [0.2, 0.25) is 11.8 Å². The van der Waals surface area contributed by atoms with Gasteiger partial charge in [0.05, 0.1) is 34.6 Å². The van der Waals surface area contributed by atoms with Gasteiger partial charge in [-0.3, -0.25) is 9.59 Å². The van der Waals surface area contributed by atoms with Crippen molar-refractivity contribution in [2.45, 2.75) is 19.8 Å². The standard InChI is InChI=1S/C30H27ClN4O3S/c1-3-38-29-27-26(22-11-7-8-12-23(22)35-29)25(28(37)34-20-9-5-4-6-10-20)18(2)32-30(27)39-17-24(36)33-21-15-13-19(31)14-16-21/h4-16,26,32H,3,17H2,1-2H3,(H,33,36)(H,34,37). The summed E-state index contributed by atoms with van der Waals surface area (Å²) in [5.74, 6) is -0.236. The number of dihydropyridines is 1. The predicted octanol–water partition coefficient (Wildman–Crippen LogP) is 6.60. The number of carbonyl (C=O) groups excluding carboxylic acids is 2. The highest BCUT2D eigenvalue weighted by atomic mass is 35.5. The van der Waals surface area contributed by atoms with E-state index in [0.29, 0.717) is 40.2 Å². The molecule has 1 atom stereocenters. The molecule has 0 fully saturated rings. The van der Waals surface area contributed by atoms with Crippen LogP contribution >= 0.6 is 23.4 Å². The fraction of sp³-hybridized carbons (Fsp3) is 0.167. The summed E-state index contributed by atoms with van der Waals surface area (Å²) in [4.78, 5) is 31.3. The Kier molecular flexibility index (Phi) is 8.05. The monoisotopic (exact) mass is 558 g/mol. The Labute approximate surface area is 236 Å². The summed E-state index contributed by atoms with van der Waals surface area (Å²) in [5, 5.41) is 10.6. The van der Waals surface area contributed by atoms with Crippen LogP contribution < -0.4 is 16.0 Å². The van der Waals surface area contributed by atoms with Crippen LogP contribution in [-0.2, 0) is 14.3 Å². The first kappa shape index (κ1) is 26.6. The second kappa shape index (κ2) is 11.8. The van der Waals surface area contributed by atoms with Crippen molar-refractivity contribution in [2.24, 2.45) is 4.99 Å². The molecule has 0 aromatic heterocycles. The molecule has 39 heavy (non-hydrogen) atoms. The smallest absolute Gasteiger partial charge is 0.254 e. The number of carbonyl (C=O) groups is 2. The maximum Gasteiger partial charge on any atom is 0.254 e. The molecule has 2 heterocycles. The van der Waals surface area contributed by atoms with Crippen LogP contribution in [0.5, 0.6) is 0 Å². The Hall–Kier alpha value is -4.01. The predicted molar refractivity (Wildman–Crippen MR) is 158 cm³/mol. The first-order chi connectivity index (χ1) is 18.9. The number of thioether (sulfide) groups is 1. The summed E-state index contributed by atoms with van der Waals surface area (Å²) >= 11 is 7.30. The molecule has 0 saturated heterocycles. The molecule has 5 rings (SSSR count). The summed E-state index contributed by atoms with van der Waals surface area (Å²) in [6, 6.07) is 24.1. The number of para-hydroxylation sites is 2. The Morgan fingerprint density at radius 2 is 1.67 bits per heavy atom. The van der Waals surface area contributed by atoms with Gasteiger partial charge < -0.3 is 20.7 Å². The molecule has 3 aromatic carbocycles. The van der Waals surface area contributed by atoms with E-state index in [4.69, 9.17) is 21.3 Å². The molecule has 2 amide bonds. The van der Waals surface area contributed by atoms with E-state index in [2.05, 4.69) is 16.0 Å². The van der Waals surface area contributed by atoms with Crippen LogP contribution in [0.3, 0.4) is 0 Å². The van der Waals surface area contributed by atoms with E-state index < -0.39 is 5.92 Å². The van der Waals surface area contributed by atoms with Crippen molar-refractivity contribution in [3.63, 3.8) is 0 Å². The molecule has 1 unspecified atom stereocenters. The van der Waals surface area contributed by atoms with Crippen LogP contribution in [0.1, 0.15) is 25.3 Å². The summed E-state index contributed by atoms with van der Waals surface area (Å²) in [6.07, 6.45) is 0. The molecule has 0 aliphatic carbocycles. The van der Waals surface area contributed by atoms with E-state index in [1.165, 1.54) is 11.8 Å². The van der Waals surface area contributed by atoms with Crippen LogP contribution in [0, 0.1) is 0 Å². The molecule has 198 valence electrons. The fourth-order valence-electron chi connectivity index (χ4n) is 4.58. The molecule has 2 aliphatic rings. The zero-order valence-corrected chi connectivity index (χ0v) is 23.0. The highest BCUT2D eigenvalue weighted by molar-refractivity contribution is 8.03. The number of hydrogen-bond acceptors (Lipinski definition) is 6. The number of anilines is 2. The number of allylic oxidation sites excluding steroid dienone is 1. The topological polar surface area (TPSA) is 91.8 Å². The van der Waals surface area contributed by atoms with E-state index >= 15 is 0 Å². The fourth-order valence-corrected chi connectivity index (χ4v) is 5.64. The van der Waals surface area contributed by atoms with Crippen LogP contribution in [0.15, 0.2) is 106 Å². The minimum absolute atomic E-state index is 0.140. The van der Waals surface area contributed by atoms with Gasteiger partial charge in [-0.1, -0.05) is 59.8 Å². The molecule has 0 bridgehead atoms. The summed E-state index contributed by atoms with van der Waals surface area (Å²) in [7, 11) is 0. The van der Waals surface area contributed by atoms with E-state index in [9.17, 15) is 9.59 Å². The van der Waals surface area contributed by atoms with Crippen LogP contribution in [0.4, 0.5) is 17.1 Å². The third kappa shape index (κ3) is 5.87. The largest absolute Gasteiger partial charge is 0.478 e. The van der Waals surface area contributed by atoms with Gasteiger partial charge in [-0.2, -0.15) is 0 Å². The second-order valence-corrected chi connectivity index (χ2v) is 10.3. The zero-order valence-electron chi connectivity index (χ0n) is 21.5. The number of ether oxygens (including phenoxy) is 1. The summed E-state index contributed by atoms with van der Waals surface area (Å²) in [6.45, 7) is 4.17. The molecule has 9 heteroatoms. The van der Waals surface area contributed by atoms with Gasteiger partial charge in [-0.05, 0) is 61.9 Å². The van der Waals surface area contributed by atoms with Gasteiger partial charge in [0, 0.05) is 27.7 Å². The van der Waals surface area contributed by atoms with Gasteiger partial charge in [-0.25, -0.2) is 4.99 Å². The first-order valence-electron chi connectivity index (χ1n) is 12.5. The molecule has 0 saturated carbocycles. The number of benzene rings is 3. The first-order valence-corrected chi connectivity index (χ1v) is 13.9. The summed E-state index contributed by atoms with van der Waals surface area (Å²) < 4.78 is 6.01. The quantitative estimate of drug-likeness (QED) is 0.304. The average Bonchev–Trinajstić information content (AvgIpc) is 2.93. The molecular formula is C30H27ClN4O3S. The van der Waals surface area contributed by atoms with Crippen LogP contribution in [0.2, 0.25) is 5.02 Å². The molecular weight excluding hydrogens is 532 g/mol. The van der Waals surface area contributed by atoms with Crippen molar-refractivity contribution < 1.29 is 14.3 Å². The molecule has 0 radical (unpaired) electrons. The number of hydrogen-bond donors (Lipinski definition) is 3. The summed E-state index contributed by atoms with van der Waals surface area (Å²) in [5.41, 5.74) is 5.03. The number of halogens is 1. The van der Waals surface area contributed by atoms with Gasteiger partial charge in [0.15, 0.2) is 0 Å². The van der Waals surface area contributed by atoms with Crippen LogP contribution in [-0.4, -0.2) is 30.1 Å². The maximum atomic E-state index is 13.7. The number of nitrogens with zero attached hydrogens (tertiary/aromatic N) is 1. The Morgan fingerprint density at radius 1 is 0.974 bits per heavy atom. The van der Waals surface area contributed by atoms with E-state index in [1.807, 2.05) is 68.4 Å². The van der Waals surface area contributed by atoms with Crippen molar-refractivity contribution in [2.75, 3.05) is 23.0 Å². The number of nitrogens with one attached hydrogen (secondary N) is 3. The number of aliphatic imine (C=N–C) groups is 1. The third-order valence-corrected chi connectivity index (χ3v) is 7.53. The van der Waals surface area contributed by atoms with E-state index in [-0.39, 0.29) is 17.6 Å². The highest BCUT2D eigenvalue weighted by Gasteiger charge is 2.41. The average molecular weight is 559 g/mol. The van der Waals surface area contributed by atoms with Crippen molar-refractivity contribution in [1.82, 2.24) is 5.32 Å². The molecule has 0 spiro atoms. The molecule has 2 aliphatic heterocycles. The molecule has 3 aromatic rings. The van der Waals surface area contributed by atoms with Crippen molar-refractivity contribution in [3.05, 3.63) is 111 Å². The Morgan fingerprint density at radius 3 is 2.41 bits per heavy atom. The third-order valence-electron chi connectivity index (χ3n) is 6.26. The normalized spacial score (nSPS) is 16.0. The van der Waals surface area contributed by atoms with Gasteiger partial charge in [0.25, 0.3) is 5.91 Å². The van der Waals surface area contributed by atoms with E-state index in [0.717, 1.165) is 21.9 Å². The van der Waals surface area contributed by atoms with Gasteiger partial charge in [-0.15, -0.1) is 0 Å². The lowest BCUT2D eigenvalue weighted by atomic mass is 9.79. The van der Waals surface area contributed by atoms with Gasteiger partial charge in [0.1, 0.15) is 0 Å². The Balaban J connectivity index is 1.49. The Bertz CT molecular complexity index is 1500.